The Kier molecular flexibility index (Phi) is 19.8. The zero-order valence-electron chi connectivity index (χ0n) is 39.7. The minimum absolute atomic E-state index is 0.00899. The van der Waals surface area contributed by atoms with Crippen molar-refractivity contribution in [3.63, 3.8) is 0 Å². The number of hydrogen-bond acceptors (Lipinski definition) is 14. The minimum Gasteiger partial charge on any atom is -0.481 e. The summed E-state index contributed by atoms with van der Waals surface area (Å²) in [5.41, 5.74) is 4.46. The summed E-state index contributed by atoms with van der Waals surface area (Å²) in [6.07, 6.45) is 0.638. The second-order valence-electron chi connectivity index (χ2n) is 17.7. The number of sulfonamides is 2. The SMILES string of the molecule is CC(C)c1ccc(C#N)c(C(C)C)c1CC(=O)O.CCc1nc(C(C)(C)O)sc1S(=O)(=O)NC(=O)Cc1c(C(C)C)ccc(C#N)c1C(C)C.CCc1nc(C(C)(C)O)sc1S(N)(=O)=O. The van der Waals surface area contributed by atoms with Gasteiger partial charge < -0.3 is 15.3 Å². The molecule has 65 heavy (non-hydrogen) atoms. The lowest BCUT2D eigenvalue weighted by Crippen LogP contribution is -2.32. The van der Waals surface area contributed by atoms with Crippen LogP contribution in [0.1, 0.15) is 187 Å². The second-order valence-corrected chi connectivity index (χ2v) is 23.3. The van der Waals surface area contributed by atoms with Gasteiger partial charge >= 0.3 is 5.97 Å². The molecule has 0 radical (unpaired) electrons. The first-order valence-electron chi connectivity index (χ1n) is 21.1. The van der Waals surface area contributed by atoms with E-state index < -0.39 is 43.1 Å². The van der Waals surface area contributed by atoms with Crippen LogP contribution in [0.5, 0.6) is 0 Å². The topological polar surface area (TPSA) is 275 Å². The molecule has 0 bridgehead atoms. The van der Waals surface area contributed by atoms with E-state index in [1.807, 2.05) is 67.5 Å². The van der Waals surface area contributed by atoms with E-state index in [0.29, 0.717) is 45.9 Å². The number of nitrogens with one attached hydrogen (secondary N) is 1. The van der Waals surface area contributed by atoms with Crippen LogP contribution in [0.15, 0.2) is 32.7 Å². The van der Waals surface area contributed by atoms with Gasteiger partial charge in [0.2, 0.25) is 15.9 Å². The van der Waals surface area contributed by atoms with E-state index in [1.54, 1.807) is 39.8 Å². The summed E-state index contributed by atoms with van der Waals surface area (Å²) in [6, 6.07) is 11.6. The third-order valence-electron chi connectivity index (χ3n) is 9.88. The Morgan fingerprint density at radius 1 is 0.692 bits per heavy atom. The van der Waals surface area contributed by atoms with Gasteiger partial charge in [0.25, 0.3) is 10.0 Å². The number of nitrogens with two attached hydrogens (primary N) is 1. The Hall–Kier alpha value is -4.60. The molecular formula is C46H64N6O9S4. The first-order valence-corrected chi connectivity index (χ1v) is 25.8. The van der Waals surface area contributed by atoms with Crippen LogP contribution >= 0.6 is 22.7 Å². The third kappa shape index (κ3) is 15.0. The molecule has 356 valence electrons. The molecule has 0 unspecified atom stereocenters. The maximum Gasteiger partial charge on any atom is 0.307 e. The van der Waals surface area contributed by atoms with Gasteiger partial charge in [-0.1, -0.05) is 81.4 Å². The number of nitriles is 2. The monoisotopic (exact) mass is 972 g/mol. The zero-order chi connectivity index (χ0) is 50.2. The van der Waals surface area contributed by atoms with Crippen LogP contribution in [-0.4, -0.2) is 54.0 Å². The molecule has 0 aliphatic heterocycles. The van der Waals surface area contributed by atoms with Crippen LogP contribution in [0.25, 0.3) is 0 Å². The Morgan fingerprint density at radius 3 is 1.35 bits per heavy atom. The van der Waals surface area contributed by atoms with Crippen molar-refractivity contribution >= 4 is 54.6 Å². The summed E-state index contributed by atoms with van der Waals surface area (Å²) < 4.78 is 50.6. The molecule has 6 N–H and O–H groups in total. The van der Waals surface area contributed by atoms with E-state index >= 15 is 0 Å². The predicted octanol–water partition coefficient (Wildman–Crippen LogP) is 8.11. The lowest BCUT2D eigenvalue weighted by Gasteiger charge is -2.20. The third-order valence-corrected chi connectivity index (χ3v) is 16.1. The molecule has 15 nitrogen and oxygen atoms in total. The molecule has 0 spiro atoms. The number of carbonyl (C=O) groups excluding carboxylic acids is 1. The van der Waals surface area contributed by atoms with E-state index in [0.717, 1.165) is 50.5 Å². The number of primary sulfonamides is 1. The Labute approximate surface area is 392 Å². The van der Waals surface area contributed by atoms with E-state index in [-0.39, 0.29) is 49.9 Å². The molecule has 0 saturated carbocycles. The van der Waals surface area contributed by atoms with Gasteiger partial charge in [0.05, 0.1) is 47.5 Å². The summed E-state index contributed by atoms with van der Waals surface area (Å²) in [7, 11) is -7.90. The number of amides is 1. The van der Waals surface area contributed by atoms with Gasteiger partial charge in [-0.05, 0) is 110 Å². The number of aliphatic carboxylic acids is 1. The molecule has 2 heterocycles. The minimum atomic E-state index is -4.16. The fourth-order valence-electron chi connectivity index (χ4n) is 6.98. The number of rotatable bonds is 15. The largest absolute Gasteiger partial charge is 0.481 e. The number of hydrogen-bond donors (Lipinski definition) is 5. The number of carboxylic acids is 1. The van der Waals surface area contributed by atoms with Crippen LogP contribution < -0.4 is 9.86 Å². The summed E-state index contributed by atoms with van der Waals surface area (Å²) in [6.45, 7) is 25.7. The maximum atomic E-state index is 13.0. The van der Waals surface area contributed by atoms with Crippen molar-refractivity contribution in [3.05, 3.63) is 90.2 Å². The Morgan fingerprint density at radius 2 is 1.06 bits per heavy atom. The summed E-state index contributed by atoms with van der Waals surface area (Å²) in [4.78, 5) is 32.3. The first kappa shape index (κ1) is 56.5. The van der Waals surface area contributed by atoms with Gasteiger partial charge in [-0.3, -0.25) is 9.59 Å². The molecule has 0 saturated heterocycles. The highest BCUT2D eigenvalue weighted by atomic mass is 32.3. The van der Waals surface area contributed by atoms with Crippen molar-refractivity contribution in [2.75, 3.05) is 0 Å². The van der Waals surface area contributed by atoms with E-state index in [1.165, 1.54) is 13.8 Å². The van der Waals surface area contributed by atoms with Gasteiger partial charge in [0.15, 0.2) is 8.42 Å². The van der Waals surface area contributed by atoms with Crippen LogP contribution in [0.4, 0.5) is 0 Å². The molecule has 0 fully saturated rings. The lowest BCUT2D eigenvalue weighted by molar-refractivity contribution is -0.136. The molecule has 0 atom stereocenters. The van der Waals surface area contributed by atoms with E-state index in [2.05, 4.69) is 26.8 Å². The molecule has 4 rings (SSSR count). The van der Waals surface area contributed by atoms with Crippen molar-refractivity contribution in [2.24, 2.45) is 5.14 Å². The highest BCUT2D eigenvalue weighted by molar-refractivity contribution is 7.92. The summed E-state index contributed by atoms with van der Waals surface area (Å²) >= 11 is 1.79. The maximum absolute atomic E-state index is 13.0. The number of carboxylic acid groups (broad SMARTS) is 1. The van der Waals surface area contributed by atoms with E-state index in [9.17, 15) is 41.9 Å². The van der Waals surface area contributed by atoms with Gasteiger partial charge in [-0.25, -0.2) is 36.7 Å². The average molecular weight is 973 g/mol. The molecule has 4 aromatic rings. The number of aromatic nitrogens is 2. The van der Waals surface area contributed by atoms with Gasteiger partial charge in [-0.2, -0.15) is 10.5 Å². The lowest BCUT2D eigenvalue weighted by atomic mass is 9.84. The van der Waals surface area contributed by atoms with Crippen LogP contribution in [0.2, 0.25) is 0 Å². The van der Waals surface area contributed by atoms with Crippen LogP contribution in [0.3, 0.4) is 0 Å². The molecule has 2 aromatic heterocycles. The molecule has 2 aromatic carbocycles. The fourth-order valence-corrected chi connectivity index (χ4v) is 11.7. The highest BCUT2D eigenvalue weighted by Gasteiger charge is 2.31. The number of thiazole rings is 2. The fraction of sp³-hybridized carbons (Fsp3) is 0.522. The first-order chi connectivity index (χ1) is 29.8. The van der Waals surface area contributed by atoms with Crippen molar-refractivity contribution in [1.82, 2.24) is 14.7 Å². The predicted molar refractivity (Wildman–Crippen MR) is 254 cm³/mol. The summed E-state index contributed by atoms with van der Waals surface area (Å²) in [5.74, 6) is -1.04. The van der Waals surface area contributed by atoms with Gasteiger partial charge in [0.1, 0.15) is 21.2 Å². The van der Waals surface area contributed by atoms with Crippen LogP contribution in [0, 0.1) is 22.7 Å². The number of aryl methyl sites for hydroxylation is 2. The molecule has 19 heteroatoms. The normalized spacial score (nSPS) is 12.0. The number of aliphatic hydroxyl groups is 2. The molecule has 0 aliphatic rings. The van der Waals surface area contributed by atoms with Gasteiger partial charge in [0, 0.05) is 0 Å². The Balaban J connectivity index is 0.000000370. The quantitative estimate of drug-likeness (QED) is 0.0754. The number of benzene rings is 2. The molecule has 0 aliphatic carbocycles. The van der Waals surface area contributed by atoms with Crippen molar-refractivity contribution in [1.29, 1.82) is 10.5 Å². The highest BCUT2D eigenvalue weighted by Crippen LogP contribution is 2.35. The standard InChI is InChI=1S/C23H31N3O4S2.C15H19NO2.C8H14N2O3S2/c1-8-18-21(31-22(25-18)23(6,7)28)32(29,30)26-19(27)11-17-16(13(2)3)10-9-15(12-24)20(17)14(4)5;1-9(2)12-6-5-11(8-16)15(10(3)4)13(12)7-14(17)18;1-4-5-6(15(9,12)13)14-7(10-5)8(2,3)11/h9-10,13-14,28H,8,11H2,1-7H3,(H,26,27);5-6,9-10H,7H2,1-4H3,(H,17,18);11H,4H2,1-3H3,(H2,9,12,13). The molecule has 1 amide bonds. The number of carbonyl (C=O) groups is 2. The van der Waals surface area contributed by atoms with Crippen molar-refractivity contribution < 1.29 is 41.7 Å². The smallest absolute Gasteiger partial charge is 0.307 e. The second kappa shape index (κ2) is 22.7. The van der Waals surface area contributed by atoms with Crippen molar-refractivity contribution in [2.45, 2.75) is 166 Å². The zero-order valence-corrected chi connectivity index (χ0v) is 43.0. The van der Waals surface area contributed by atoms with E-state index in [4.69, 9.17) is 15.5 Å². The van der Waals surface area contributed by atoms with Crippen molar-refractivity contribution in [3.8, 4) is 12.1 Å². The average Bonchev–Trinajstić information content (AvgIpc) is 3.84. The number of nitrogens with zero attached hydrogens (tertiary/aromatic N) is 4. The summed E-state index contributed by atoms with van der Waals surface area (Å²) in [5, 5.41) is 53.4. The van der Waals surface area contributed by atoms with Crippen LogP contribution in [-0.2, 0) is 66.5 Å². The Bertz CT molecular complexity index is 2650. The van der Waals surface area contributed by atoms with Gasteiger partial charge in [-0.15, -0.1) is 22.7 Å². The molecular weight excluding hydrogens is 909 g/mol.